The van der Waals surface area contributed by atoms with E-state index >= 15 is 0 Å². The number of hydrogen-bond acceptors (Lipinski definition) is 2. The maximum absolute atomic E-state index is 2.44. The first kappa shape index (κ1) is 30.9. The van der Waals surface area contributed by atoms with Crippen LogP contribution in [0.5, 0.6) is 0 Å². The highest BCUT2D eigenvalue weighted by atomic mass is 15.2. The lowest BCUT2D eigenvalue weighted by Gasteiger charge is -2.41. The van der Waals surface area contributed by atoms with Crippen LogP contribution in [-0.4, -0.2) is 0 Å². The number of aryl methyl sites for hydroxylation is 2. The molecule has 6 aromatic rings. The van der Waals surface area contributed by atoms with Gasteiger partial charge >= 0.3 is 0 Å². The van der Waals surface area contributed by atoms with Gasteiger partial charge in [-0.3, -0.25) is 0 Å². The van der Waals surface area contributed by atoms with E-state index in [2.05, 4.69) is 203 Å². The van der Waals surface area contributed by atoms with Crippen LogP contribution in [0.1, 0.15) is 55.9 Å². The van der Waals surface area contributed by atoms with Gasteiger partial charge in [-0.25, -0.2) is 0 Å². The van der Waals surface area contributed by atoms with Crippen LogP contribution in [0, 0.1) is 13.8 Å². The van der Waals surface area contributed by atoms with Gasteiger partial charge in [-0.05, 0) is 117 Å². The summed E-state index contributed by atoms with van der Waals surface area (Å²) < 4.78 is 0. The lowest BCUT2D eigenvalue weighted by Crippen LogP contribution is -2.38. The van der Waals surface area contributed by atoms with E-state index in [4.69, 9.17) is 0 Å². The molecule has 6 rings (SSSR count). The number of rotatable bonds is 9. The van der Waals surface area contributed by atoms with Gasteiger partial charge in [0, 0.05) is 28.4 Å². The molecular formula is C44H44N2. The highest BCUT2D eigenvalue weighted by Gasteiger charge is 2.30. The van der Waals surface area contributed by atoms with Gasteiger partial charge in [0.2, 0.25) is 0 Å². The van der Waals surface area contributed by atoms with Gasteiger partial charge < -0.3 is 9.80 Å². The molecule has 0 radical (unpaired) electrons. The Bertz CT molecular complexity index is 1850. The van der Waals surface area contributed by atoms with Gasteiger partial charge in [-0.1, -0.05) is 116 Å². The van der Waals surface area contributed by atoms with Crippen molar-refractivity contribution >= 4 is 28.4 Å². The van der Waals surface area contributed by atoms with Crippen LogP contribution in [0.2, 0.25) is 0 Å². The summed E-state index contributed by atoms with van der Waals surface area (Å²) in [5.41, 5.74) is 13.0. The van der Waals surface area contributed by atoms with E-state index in [-0.39, 0.29) is 5.54 Å². The molecule has 6 aromatic carbocycles. The molecule has 0 spiro atoms. The van der Waals surface area contributed by atoms with Crippen molar-refractivity contribution in [3.05, 3.63) is 174 Å². The molecule has 2 nitrogen and oxygen atoms in total. The van der Waals surface area contributed by atoms with E-state index in [1.54, 1.807) is 0 Å². The van der Waals surface area contributed by atoms with Gasteiger partial charge in [0.1, 0.15) is 0 Å². The lowest BCUT2D eigenvalue weighted by atomic mass is 9.90. The Morgan fingerprint density at radius 3 is 1.24 bits per heavy atom. The fourth-order valence-electron chi connectivity index (χ4n) is 6.22. The molecular weight excluding hydrogens is 556 g/mol. The molecule has 0 aliphatic rings. The normalized spacial score (nSPS) is 11.5. The largest absolute Gasteiger partial charge is 0.332 e. The predicted molar refractivity (Wildman–Crippen MR) is 198 cm³/mol. The third-order valence-corrected chi connectivity index (χ3v) is 9.03. The number of benzene rings is 6. The molecule has 0 bridgehead atoms. The SMILES string of the molecule is Cc1ccc(N(c2ccc(-c3ccc(N(c4ccc(C)cc4)C(C)(C)c4ccccc4)cc3)cc2)c2ccc(C(C)C)cc2)cc1. The van der Waals surface area contributed by atoms with E-state index in [9.17, 15) is 0 Å². The first-order valence-electron chi connectivity index (χ1n) is 16.3. The summed E-state index contributed by atoms with van der Waals surface area (Å²) in [6.07, 6.45) is 0. The fraction of sp³-hybridized carbons (Fsp3) is 0.182. The minimum Gasteiger partial charge on any atom is -0.332 e. The van der Waals surface area contributed by atoms with Crippen LogP contribution in [0.15, 0.2) is 152 Å². The maximum atomic E-state index is 2.44. The van der Waals surface area contributed by atoms with Crippen molar-refractivity contribution in [1.29, 1.82) is 0 Å². The lowest BCUT2D eigenvalue weighted by molar-refractivity contribution is 0.536. The Morgan fingerprint density at radius 2 is 0.804 bits per heavy atom. The zero-order valence-electron chi connectivity index (χ0n) is 27.9. The molecule has 0 N–H and O–H groups in total. The van der Waals surface area contributed by atoms with Crippen LogP contribution in [-0.2, 0) is 5.54 Å². The Morgan fingerprint density at radius 1 is 0.435 bits per heavy atom. The molecule has 0 saturated carbocycles. The molecule has 0 aliphatic heterocycles. The van der Waals surface area contributed by atoms with Crippen LogP contribution in [0.4, 0.5) is 28.4 Å². The molecule has 0 aliphatic carbocycles. The van der Waals surface area contributed by atoms with E-state index in [1.165, 1.54) is 39.1 Å². The first-order valence-corrected chi connectivity index (χ1v) is 16.3. The highest BCUT2D eigenvalue weighted by Crippen LogP contribution is 2.41. The Labute approximate surface area is 275 Å². The van der Waals surface area contributed by atoms with Crippen LogP contribution in [0.3, 0.4) is 0 Å². The summed E-state index contributed by atoms with van der Waals surface area (Å²) >= 11 is 0. The summed E-state index contributed by atoms with van der Waals surface area (Å²) in [5.74, 6) is 0.501. The number of hydrogen-bond donors (Lipinski definition) is 0. The average Bonchev–Trinajstić information content (AvgIpc) is 3.08. The van der Waals surface area contributed by atoms with Crippen molar-refractivity contribution < 1.29 is 0 Å². The van der Waals surface area contributed by atoms with Gasteiger partial charge in [0.05, 0.1) is 5.54 Å². The van der Waals surface area contributed by atoms with E-state index < -0.39 is 0 Å². The quantitative estimate of drug-likeness (QED) is 0.163. The third kappa shape index (κ3) is 6.48. The second-order valence-electron chi connectivity index (χ2n) is 13.1. The van der Waals surface area contributed by atoms with Crippen LogP contribution < -0.4 is 9.80 Å². The number of anilines is 5. The van der Waals surface area contributed by atoms with Gasteiger partial charge in [-0.15, -0.1) is 0 Å². The second kappa shape index (κ2) is 13.1. The molecule has 0 heterocycles. The van der Waals surface area contributed by atoms with Gasteiger partial charge in [0.25, 0.3) is 0 Å². The van der Waals surface area contributed by atoms with E-state index in [1.807, 2.05) is 0 Å². The summed E-state index contributed by atoms with van der Waals surface area (Å²) in [6, 6.07) is 55.3. The van der Waals surface area contributed by atoms with Crippen molar-refractivity contribution in [2.24, 2.45) is 0 Å². The van der Waals surface area contributed by atoms with Crippen LogP contribution >= 0.6 is 0 Å². The summed E-state index contributed by atoms with van der Waals surface area (Å²) in [4.78, 5) is 4.78. The molecule has 0 amide bonds. The number of nitrogens with zero attached hydrogens (tertiary/aromatic N) is 2. The van der Waals surface area contributed by atoms with Crippen molar-refractivity contribution in [3.63, 3.8) is 0 Å². The van der Waals surface area contributed by atoms with Gasteiger partial charge in [0.15, 0.2) is 0 Å². The maximum Gasteiger partial charge on any atom is 0.0646 e. The van der Waals surface area contributed by atoms with E-state index in [0.717, 1.165) is 22.7 Å². The Balaban J connectivity index is 1.32. The van der Waals surface area contributed by atoms with Crippen molar-refractivity contribution in [1.82, 2.24) is 0 Å². The first-order chi connectivity index (χ1) is 22.2. The molecule has 2 heteroatoms. The molecule has 0 aromatic heterocycles. The third-order valence-electron chi connectivity index (χ3n) is 9.03. The Hall–Kier alpha value is -5.08. The fourth-order valence-corrected chi connectivity index (χ4v) is 6.22. The summed E-state index contributed by atoms with van der Waals surface area (Å²) in [7, 11) is 0. The minimum atomic E-state index is -0.257. The smallest absolute Gasteiger partial charge is 0.0646 e. The van der Waals surface area contributed by atoms with Crippen molar-refractivity contribution in [2.45, 2.75) is 53.0 Å². The zero-order chi connectivity index (χ0) is 32.3. The highest BCUT2D eigenvalue weighted by molar-refractivity contribution is 5.79. The topological polar surface area (TPSA) is 6.48 Å². The standard InChI is InChI=1S/C44H44N2/c1-32(2)35-16-26-40(27-17-35)45(39-22-12-33(3)13-23-39)41-28-18-36(19-29-41)37-20-30-43(31-21-37)46(42-24-14-34(4)15-25-42)44(5,6)38-10-8-7-9-11-38/h7-32H,1-6H3. The predicted octanol–water partition coefficient (Wildman–Crippen LogP) is 12.6. The zero-order valence-corrected chi connectivity index (χ0v) is 27.9. The second-order valence-corrected chi connectivity index (χ2v) is 13.1. The van der Waals surface area contributed by atoms with Crippen molar-refractivity contribution in [2.75, 3.05) is 9.80 Å². The van der Waals surface area contributed by atoms with Gasteiger partial charge in [-0.2, -0.15) is 0 Å². The summed E-state index contributed by atoms with van der Waals surface area (Å²) in [5, 5.41) is 0. The molecule has 46 heavy (non-hydrogen) atoms. The molecule has 0 saturated heterocycles. The monoisotopic (exact) mass is 600 g/mol. The van der Waals surface area contributed by atoms with E-state index in [0.29, 0.717) is 5.92 Å². The minimum absolute atomic E-state index is 0.257. The van der Waals surface area contributed by atoms with Crippen molar-refractivity contribution in [3.8, 4) is 11.1 Å². The molecule has 0 unspecified atom stereocenters. The molecule has 0 atom stereocenters. The summed E-state index contributed by atoms with van der Waals surface area (Å²) in [6.45, 7) is 13.3. The average molecular weight is 601 g/mol. The Kier molecular flexibility index (Phi) is 8.81. The molecule has 0 fully saturated rings. The molecule has 230 valence electrons. The van der Waals surface area contributed by atoms with Crippen LogP contribution in [0.25, 0.3) is 11.1 Å².